The van der Waals surface area contributed by atoms with E-state index in [1.807, 2.05) is 7.05 Å². The van der Waals surface area contributed by atoms with Crippen LogP contribution in [0.1, 0.15) is 24.0 Å². The van der Waals surface area contributed by atoms with Crippen molar-refractivity contribution in [3.8, 4) is 6.07 Å². The molecule has 1 aliphatic carbocycles. The lowest BCUT2D eigenvalue weighted by atomic mass is 10.1. The highest BCUT2D eigenvalue weighted by atomic mass is 19.4. The molecule has 0 aliphatic heterocycles. The van der Waals surface area contributed by atoms with Gasteiger partial charge >= 0.3 is 6.18 Å². The molecule has 1 saturated carbocycles. The summed E-state index contributed by atoms with van der Waals surface area (Å²) in [7, 11) is 2.03. The van der Waals surface area contributed by atoms with Crippen molar-refractivity contribution in [3.63, 3.8) is 0 Å². The molecule has 3 nitrogen and oxygen atoms in total. The lowest BCUT2D eigenvalue weighted by Gasteiger charge is -2.17. The number of rotatable bonds is 5. The number of hydrogen-bond donors (Lipinski definition) is 1. The van der Waals surface area contributed by atoms with Gasteiger partial charge in [-0.15, -0.1) is 0 Å². The number of alkyl halides is 3. The fourth-order valence-corrected chi connectivity index (χ4v) is 2.07. The Labute approximate surface area is 116 Å². The Hall–Kier alpha value is -1.74. The van der Waals surface area contributed by atoms with Crippen LogP contribution in [0, 0.1) is 11.3 Å². The summed E-state index contributed by atoms with van der Waals surface area (Å²) < 4.78 is 37.9. The second-order valence-corrected chi connectivity index (χ2v) is 5.01. The third-order valence-corrected chi connectivity index (χ3v) is 3.41. The van der Waals surface area contributed by atoms with Gasteiger partial charge < -0.3 is 10.2 Å². The van der Waals surface area contributed by atoms with Gasteiger partial charge in [0, 0.05) is 24.8 Å². The first-order valence-corrected chi connectivity index (χ1v) is 6.47. The van der Waals surface area contributed by atoms with Gasteiger partial charge in [-0.2, -0.15) is 18.4 Å². The second kappa shape index (κ2) is 5.71. The van der Waals surface area contributed by atoms with Gasteiger partial charge in [-0.3, -0.25) is 0 Å². The third-order valence-electron chi connectivity index (χ3n) is 3.41. The molecule has 0 bridgehead atoms. The first-order chi connectivity index (χ1) is 9.41. The van der Waals surface area contributed by atoms with Gasteiger partial charge in [0.25, 0.3) is 0 Å². The van der Waals surface area contributed by atoms with Crippen molar-refractivity contribution < 1.29 is 13.2 Å². The van der Waals surface area contributed by atoms with Crippen molar-refractivity contribution in [3.05, 3.63) is 29.3 Å². The van der Waals surface area contributed by atoms with Crippen LogP contribution in [0.15, 0.2) is 18.2 Å². The summed E-state index contributed by atoms with van der Waals surface area (Å²) in [4.78, 5) is 2.22. The Morgan fingerprint density at radius 1 is 1.40 bits per heavy atom. The molecule has 0 unspecified atom stereocenters. The topological polar surface area (TPSA) is 39.1 Å². The second-order valence-electron chi connectivity index (χ2n) is 5.01. The maximum Gasteiger partial charge on any atom is 0.417 e. The van der Waals surface area contributed by atoms with Crippen LogP contribution in [-0.2, 0) is 6.18 Å². The molecule has 20 heavy (non-hydrogen) atoms. The predicted octanol–water partition coefficient (Wildman–Crippen LogP) is 3.08. The van der Waals surface area contributed by atoms with Crippen LogP contribution in [0.25, 0.3) is 0 Å². The Balaban J connectivity index is 1.97. The summed E-state index contributed by atoms with van der Waals surface area (Å²) in [6.07, 6.45) is -2.06. The summed E-state index contributed by atoms with van der Waals surface area (Å²) >= 11 is 0. The molecule has 0 aromatic heterocycles. The lowest BCUT2D eigenvalue weighted by molar-refractivity contribution is -0.137. The summed E-state index contributed by atoms with van der Waals surface area (Å²) in [5.74, 6) is 0. The van der Waals surface area contributed by atoms with E-state index in [0.29, 0.717) is 18.3 Å². The molecule has 1 aliphatic rings. The number of benzene rings is 1. The molecule has 108 valence electrons. The fraction of sp³-hybridized carbons (Fsp3) is 0.500. The van der Waals surface area contributed by atoms with Gasteiger partial charge in [0.15, 0.2) is 0 Å². The van der Waals surface area contributed by atoms with E-state index in [4.69, 9.17) is 5.26 Å². The Morgan fingerprint density at radius 2 is 2.10 bits per heavy atom. The van der Waals surface area contributed by atoms with Crippen LogP contribution in [0.3, 0.4) is 0 Å². The summed E-state index contributed by atoms with van der Waals surface area (Å²) in [5, 5.41) is 11.9. The SMILES string of the molecule is CN(CCNc1ccc(C(F)(F)F)c(C#N)c1)C1CC1. The molecule has 0 amide bonds. The smallest absolute Gasteiger partial charge is 0.384 e. The third kappa shape index (κ3) is 3.64. The average molecular weight is 283 g/mol. The van der Waals surface area contributed by atoms with Crippen LogP contribution >= 0.6 is 0 Å². The molecule has 6 heteroatoms. The Morgan fingerprint density at radius 3 is 2.65 bits per heavy atom. The van der Waals surface area contributed by atoms with Crippen LogP contribution in [0.5, 0.6) is 0 Å². The average Bonchev–Trinajstić information content (AvgIpc) is 3.21. The molecule has 1 aromatic rings. The van der Waals surface area contributed by atoms with E-state index >= 15 is 0 Å². The lowest BCUT2D eigenvalue weighted by Crippen LogP contribution is -2.27. The van der Waals surface area contributed by atoms with Crippen molar-refractivity contribution >= 4 is 5.69 Å². The zero-order valence-electron chi connectivity index (χ0n) is 11.2. The van der Waals surface area contributed by atoms with Crippen LogP contribution < -0.4 is 5.32 Å². The Bertz CT molecular complexity index is 515. The minimum atomic E-state index is -4.49. The molecule has 2 rings (SSSR count). The highest BCUT2D eigenvalue weighted by Gasteiger charge is 2.33. The molecule has 1 aromatic carbocycles. The number of hydrogen-bond acceptors (Lipinski definition) is 3. The van der Waals surface area contributed by atoms with Gasteiger partial charge in [-0.05, 0) is 38.1 Å². The normalized spacial score (nSPS) is 15.2. The van der Waals surface area contributed by atoms with E-state index in [1.54, 1.807) is 6.07 Å². The van der Waals surface area contributed by atoms with E-state index in [9.17, 15) is 13.2 Å². The maximum atomic E-state index is 12.6. The van der Waals surface area contributed by atoms with E-state index in [0.717, 1.165) is 12.6 Å². The fourth-order valence-electron chi connectivity index (χ4n) is 2.07. The highest BCUT2D eigenvalue weighted by Crippen LogP contribution is 2.33. The molecule has 1 N–H and O–H groups in total. The molecule has 0 spiro atoms. The monoisotopic (exact) mass is 283 g/mol. The number of nitrogens with one attached hydrogen (secondary N) is 1. The zero-order chi connectivity index (χ0) is 14.8. The highest BCUT2D eigenvalue weighted by molar-refractivity contribution is 5.53. The number of anilines is 1. The quantitative estimate of drug-likeness (QED) is 0.902. The number of halogens is 3. The maximum absolute atomic E-state index is 12.6. The molecule has 0 radical (unpaired) electrons. The van der Waals surface area contributed by atoms with Crippen molar-refractivity contribution in [1.82, 2.24) is 4.90 Å². The summed E-state index contributed by atoms with van der Waals surface area (Å²) in [6.45, 7) is 1.47. The summed E-state index contributed by atoms with van der Waals surface area (Å²) in [5.41, 5.74) is -0.697. The first-order valence-electron chi connectivity index (χ1n) is 6.47. The standard InChI is InChI=1S/C14H16F3N3/c1-20(12-3-4-12)7-6-19-11-2-5-13(14(15,16)17)10(8-11)9-18/h2,5,8,12,19H,3-4,6-7H2,1H3. The van der Waals surface area contributed by atoms with Crippen LogP contribution in [-0.4, -0.2) is 31.1 Å². The Kier molecular flexibility index (Phi) is 4.19. The van der Waals surface area contributed by atoms with Gasteiger partial charge in [0.1, 0.15) is 0 Å². The zero-order valence-corrected chi connectivity index (χ0v) is 11.2. The van der Waals surface area contributed by atoms with Crippen molar-refractivity contribution in [2.45, 2.75) is 25.1 Å². The van der Waals surface area contributed by atoms with E-state index < -0.39 is 11.7 Å². The van der Waals surface area contributed by atoms with Gasteiger partial charge in [-0.1, -0.05) is 0 Å². The van der Waals surface area contributed by atoms with Crippen molar-refractivity contribution in [1.29, 1.82) is 5.26 Å². The van der Waals surface area contributed by atoms with Crippen molar-refractivity contribution in [2.75, 3.05) is 25.5 Å². The minimum absolute atomic E-state index is 0.349. The van der Waals surface area contributed by atoms with Gasteiger partial charge in [-0.25, -0.2) is 0 Å². The van der Waals surface area contributed by atoms with Gasteiger partial charge in [0.05, 0.1) is 17.2 Å². The molecular formula is C14H16F3N3. The molecule has 0 heterocycles. The summed E-state index contributed by atoms with van der Waals surface area (Å²) in [6, 6.07) is 5.81. The first kappa shape index (κ1) is 14.7. The van der Waals surface area contributed by atoms with E-state index in [1.165, 1.54) is 25.0 Å². The largest absolute Gasteiger partial charge is 0.417 e. The molecule has 0 saturated heterocycles. The van der Waals surface area contributed by atoms with Crippen LogP contribution in [0.4, 0.5) is 18.9 Å². The minimum Gasteiger partial charge on any atom is -0.384 e. The van der Waals surface area contributed by atoms with E-state index in [-0.39, 0.29) is 5.56 Å². The van der Waals surface area contributed by atoms with Gasteiger partial charge in [0.2, 0.25) is 0 Å². The number of nitrogens with zero attached hydrogens (tertiary/aromatic N) is 2. The van der Waals surface area contributed by atoms with Crippen molar-refractivity contribution in [2.24, 2.45) is 0 Å². The van der Waals surface area contributed by atoms with E-state index in [2.05, 4.69) is 10.2 Å². The predicted molar refractivity (Wildman–Crippen MR) is 70.3 cm³/mol. The molecule has 0 atom stereocenters. The molecular weight excluding hydrogens is 267 g/mol. The molecule has 1 fully saturated rings. The van der Waals surface area contributed by atoms with Crippen LogP contribution in [0.2, 0.25) is 0 Å². The number of nitriles is 1. The number of likely N-dealkylation sites (N-methyl/N-ethyl adjacent to an activating group) is 1.